The van der Waals surface area contributed by atoms with Crippen LogP contribution in [0.15, 0.2) is 66.7 Å². The smallest absolute Gasteiger partial charge is 0.314 e. The Hall–Kier alpha value is -3.45. The van der Waals surface area contributed by atoms with Crippen LogP contribution in [-0.4, -0.2) is 56.4 Å². The van der Waals surface area contributed by atoms with Crippen molar-refractivity contribution < 1.29 is 19.8 Å². The lowest BCUT2D eigenvalue weighted by Gasteiger charge is -2.43. The summed E-state index contributed by atoms with van der Waals surface area (Å²) in [6, 6.07) is 20.3. The van der Waals surface area contributed by atoms with Gasteiger partial charge in [0.2, 0.25) is 0 Å². The number of aliphatic hydroxyl groups excluding tert-OH is 1. The Labute approximate surface area is 174 Å². The number of benzene rings is 2. The number of carbonyl (C=O) groups excluding carboxylic acids is 1. The zero-order valence-corrected chi connectivity index (χ0v) is 16.4. The number of carboxylic acids is 1. The molecule has 30 heavy (non-hydrogen) atoms. The van der Waals surface area contributed by atoms with Crippen molar-refractivity contribution in [2.24, 2.45) is 5.41 Å². The van der Waals surface area contributed by atoms with Crippen LogP contribution in [0.4, 0.5) is 0 Å². The predicted molar refractivity (Wildman–Crippen MR) is 111 cm³/mol. The van der Waals surface area contributed by atoms with E-state index in [9.17, 15) is 19.8 Å². The maximum absolute atomic E-state index is 13.1. The van der Waals surface area contributed by atoms with E-state index in [1.165, 1.54) is 4.90 Å². The summed E-state index contributed by atoms with van der Waals surface area (Å²) in [4.78, 5) is 26.9. The molecule has 3 N–H and O–H groups in total. The first-order chi connectivity index (χ1) is 14.5. The third-order valence-electron chi connectivity index (χ3n) is 5.74. The van der Waals surface area contributed by atoms with Crippen LogP contribution >= 0.6 is 0 Å². The summed E-state index contributed by atoms with van der Waals surface area (Å²) in [6.07, 6.45) is -0.697. The second-order valence-electron chi connectivity index (χ2n) is 7.69. The number of aliphatic carboxylic acids is 1. The molecule has 2 atom stereocenters. The average Bonchev–Trinajstić information content (AvgIpc) is 3.26. The van der Waals surface area contributed by atoms with E-state index in [-0.39, 0.29) is 31.8 Å². The highest BCUT2D eigenvalue weighted by Gasteiger charge is 2.50. The van der Waals surface area contributed by atoms with Crippen LogP contribution in [0.2, 0.25) is 0 Å². The first kappa shape index (κ1) is 19.8. The maximum Gasteiger partial charge on any atom is 0.314 e. The van der Waals surface area contributed by atoms with E-state index in [1.807, 2.05) is 60.7 Å². The van der Waals surface area contributed by atoms with E-state index in [4.69, 9.17) is 0 Å². The first-order valence-corrected chi connectivity index (χ1v) is 9.85. The molecule has 3 aromatic rings. The van der Waals surface area contributed by atoms with Crippen molar-refractivity contribution in [1.82, 2.24) is 15.1 Å². The highest BCUT2D eigenvalue weighted by atomic mass is 16.4. The Morgan fingerprint density at radius 1 is 1.10 bits per heavy atom. The van der Waals surface area contributed by atoms with Gasteiger partial charge in [-0.2, -0.15) is 5.10 Å². The molecule has 154 valence electrons. The molecule has 7 heteroatoms. The number of carboxylic acid groups (broad SMARTS) is 1. The molecule has 4 rings (SSSR count). The lowest BCUT2D eigenvalue weighted by molar-refractivity contribution is -0.161. The molecule has 0 aliphatic carbocycles. The number of aromatic nitrogens is 2. The van der Waals surface area contributed by atoms with Gasteiger partial charge < -0.3 is 15.1 Å². The Morgan fingerprint density at radius 3 is 2.43 bits per heavy atom. The van der Waals surface area contributed by atoms with Gasteiger partial charge in [0.15, 0.2) is 0 Å². The molecular weight excluding hydrogens is 382 g/mol. The highest BCUT2D eigenvalue weighted by Crippen LogP contribution is 2.35. The Balaban J connectivity index is 1.58. The fourth-order valence-corrected chi connectivity index (χ4v) is 4.03. The standard InChI is InChI=1S/C23H23N3O4/c27-20-11-12-26(15-23(20,22(29)30)14-16-7-3-1-4-8-16)21(28)19-13-18(24-25-19)17-9-5-2-6-10-17/h1-10,13,20,27H,11-12,14-15H2,(H,24,25)(H,29,30)/t20-,23+/m0/s1. The number of hydrogen-bond donors (Lipinski definition) is 3. The molecule has 7 nitrogen and oxygen atoms in total. The number of nitrogens with one attached hydrogen (secondary N) is 1. The largest absolute Gasteiger partial charge is 0.481 e. The molecule has 2 aromatic carbocycles. The SMILES string of the molecule is O=C(c1cc(-c2ccccc2)n[nH]1)N1CC[C@H](O)[C@](Cc2ccccc2)(C(=O)O)C1. The second-order valence-corrected chi connectivity index (χ2v) is 7.69. The molecule has 0 spiro atoms. The minimum atomic E-state index is -1.46. The summed E-state index contributed by atoms with van der Waals surface area (Å²) < 4.78 is 0. The van der Waals surface area contributed by atoms with Crippen LogP contribution in [0.3, 0.4) is 0 Å². The van der Waals surface area contributed by atoms with Crippen LogP contribution in [0.25, 0.3) is 11.3 Å². The normalized spacial score (nSPS) is 21.4. The van der Waals surface area contributed by atoms with E-state index < -0.39 is 17.5 Å². The lowest BCUT2D eigenvalue weighted by atomic mass is 9.72. The number of carbonyl (C=O) groups is 2. The van der Waals surface area contributed by atoms with Gasteiger partial charge in [-0.25, -0.2) is 0 Å². The van der Waals surface area contributed by atoms with Crippen LogP contribution in [0, 0.1) is 5.41 Å². The minimum Gasteiger partial charge on any atom is -0.481 e. The van der Waals surface area contributed by atoms with E-state index in [1.54, 1.807) is 6.07 Å². The number of piperidine rings is 1. The molecule has 0 bridgehead atoms. The number of aromatic amines is 1. The van der Waals surface area contributed by atoms with Crippen LogP contribution in [-0.2, 0) is 11.2 Å². The number of aliphatic hydroxyl groups is 1. The third kappa shape index (κ3) is 3.71. The Bertz CT molecular complexity index is 1030. The molecule has 0 radical (unpaired) electrons. The first-order valence-electron chi connectivity index (χ1n) is 9.85. The van der Waals surface area contributed by atoms with Crippen LogP contribution in [0.1, 0.15) is 22.5 Å². The number of likely N-dealkylation sites (tertiary alicyclic amines) is 1. The fourth-order valence-electron chi connectivity index (χ4n) is 4.03. The van der Waals surface area contributed by atoms with Crippen molar-refractivity contribution >= 4 is 11.9 Å². The van der Waals surface area contributed by atoms with E-state index in [2.05, 4.69) is 10.2 Å². The molecule has 1 aromatic heterocycles. The number of nitrogens with zero attached hydrogens (tertiary/aromatic N) is 2. The molecule has 2 heterocycles. The van der Waals surface area contributed by atoms with Crippen LogP contribution < -0.4 is 0 Å². The molecule has 1 saturated heterocycles. The number of rotatable bonds is 5. The molecule has 1 aliphatic heterocycles. The monoisotopic (exact) mass is 405 g/mol. The number of H-pyrrole nitrogens is 1. The van der Waals surface area contributed by atoms with E-state index in [0.29, 0.717) is 11.4 Å². The van der Waals surface area contributed by atoms with Gasteiger partial charge in [0.1, 0.15) is 11.1 Å². The fraction of sp³-hybridized carbons (Fsp3) is 0.261. The Kier molecular flexibility index (Phi) is 5.37. The molecule has 0 unspecified atom stereocenters. The van der Waals surface area contributed by atoms with Gasteiger partial charge in [0, 0.05) is 18.7 Å². The number of amides is 1. The van der Waals surface area contributed by atoms with Crippen molar-refractivity contribution in [3.05, 3.63) is 78.0 Å². The quantitative estimate of drug-likeness (QED) is 0.605. The molecule has 1 amide bonds. The molecular formula is C23H23N3O4. The van der Waals surface area contributed by atoms with Crippen molar-refractivity contribution in [3.63, 3.8) is 0 Å². The van der Waals surface area contributed by atoms with Gasteiger partial charge in [-0.3, -0.25) is 14.7 Å². The van der Waals surface area contributed by atoms with Gasteiger partial charge >= 0.3 is 5.97 Å². The Morgan fingerprint density at radius 2 is 1.77 bits per heavy atom. The summed E-state index contributed by atoms with van der Waals surface area (Å²) in [5, 5.41) is 27.6. The predicted octanol–water partition coefficient (Wildman–Crippen LogP) is 2.60. The topological polar surface area (TPSA) is 107 Å². The molecule has 1 aliphatic rings. The van der Waals surface area contributed by atoms with Crippen LogP contribution in [0.5, 0.6) is 0 Å². The van der Waals surface area contributed by atoms with E-state index in [0.717, 1.165) is 11.1 Å². The van der Waals surface area contributed by atoms with Crippen molar-refractivity contribution in [1.29, 1.82) is 0 Å². The summed E-state index contributed by atoms with van der Waals surface area (Å²) >= 11 is 0. The molecule has 0 saturated carbocycles. The van der Waals surface area contributed by atoms with Crippen molar-refractivity contribution in [3.8, 4) is 11.3 Å². The maximum atomic E-state index is 13.1. The van der Waals surface area contributed by atoms with Crippen molar-refractivity contribution in [2.45, 2.75) is 18.9 Å². The highest BCUT2D eigenvalue weighted by molar-refractivity contribution is 5.94. The summed E-state index contributed by atoms with van der Waals surface area (Å²) in [6.45, 7) is 0.209. The summed E-state index contributed by atoms with van der Waals surface area (Å²) in [7, 11) is 0. The second kappa shape index (κ2) is 8.12. The average molecular weight is 405 g/mol. The molecule has 1 fully saturated rings. The van der Waals surface area contributed by atoms with Gasteiger partial charge in [-0.1, -0.05) is 60.7 Å². The summed E-state index contributed by atoms with van der Waals surface area (Å²) in [5.41, 5.74) is 1.17. The third-order valence-corrected chi connectivity index (χ3v) is 5.74. The zero-order valence-electron chi connectivity index (χ0n) is 16.4. The zero-order chi connectivity index (χ0) is 21.1. The minimum absolute atomic E-state index is 0.0725. The van der Waals surface area contributed by atoms with Crippen molar-refractivity contribution in [2.75, 3.05) is 13.1 Å². The van der Waals surface area contributed by atoms with Gasteiger partial charge in [-0.05, 0) is 24.5 Å². The van der Waals surface area contributed by atoms with Gasteiger partial charge in [0.25, 0.3) is 5.91 Å². The van der Waals surface area contributed by atoms with Gasteiger partial charge in [-0.15, -0.1) is 0 Å². The number of hydrogen-bond acceptors (Lipinski definition) is 4. The summed E-state index contributed by atoms with van der Waals surface area (Å²) in [5.74, 6) is -1.43. The van der Waals surface area contributed by atoms with E-state index >= 15 is 0 Å². The lowest BCUT2D eigenvalue weighted by Crippen LogP contribution is -2.58. The van der Waals surface area contributed by atoms with Gasteiger partial charge in [0.05, 0.1) is 11.8 Å².